The van der Waals surface area contributed by atoms with Gasteiger partial charge in [-0.25, -0.2) is 0 Å². The molecule has 2 aliphatic rings. The summed E-state index contributed by atoms with van der Waals surface area (Å²) in [6.07, 6.45) is 8.48. The van der Waals surface area contributed by atoms with Crippen molar-refractivity contribution in [1.29, 1.82) is 0 Å². The van der Waals surface area contributed by atoms with Crippen LogP contribution in [0.1, 0.15) is 67.2 Å². The van der Waals surface area contributed by atoms with Crippen molar-refractivity contribution >= 4 is 21.6 Å². The van der Waals surface area contributed by atoms with Crippen LogP contribution < -0.4 is 23.8 Å². The first kappa shape index (κ1) is 37.8. The number of hydrogen-bond donors (Lipinski definition) is 0. The zero-order chi connectivity index (χ0) is 37.6. The van der Waals surface area contributed by atoms with E-state index < -0.39 is 0 Å². The van der Waals surface area contributed by atoms with Crippen molar-refractivity contribution < 1.29 is 18.9 Å². The molecule has 0 radical (unpaired) electrons. The smallest absolute Gasteiger partial charge is 0.164 e. The number of anilines is 1. The lowest BCUT2D eigenvalue weighted by atomic mass is 9.97. The largest absolute Gasteiger partial charge is 0.493 e. The summed E-state index contributed by atoms with van der Waals surface area (Å²) in [5.74, 6) is 3.76. The van der Waals surface area contributed by atoms with Gasteiger partial charge in [-0.2, -0.15) is 0 Å². The van der Waals surface area contributed by atoms with Gasteiger partial charge in [-0.1, -0.05) is 47.5 Å². The SMILES string of the molecule is CCCc1cc(-c2cccc(CN3CCC(N(Cc4ccnc(-c5cc(OC)c(OC)c(C6CC6)c5)c4)c4ccc(Br)cc4)CC3)c2)cc(OC)c1OC. The summed E-state index contributed by atoms with van der Waals surface area (Å²) in [5.41, 5.74) is 10.6. The van der Waals surface area contributed by atoms with Crippen LogP contribution in [0.25, 0.3) is 22.4 Å². The Kier molecular flexibility index (Phi) is 12.1. The Morgan fingerprint density at radius 3 is 2.13 bits per heavy atom. The summed E-state index contributed by atoms with van der Waals surface area (Å²) in [6.45, 7) is 6.00. The Hall–Kier alpha value is -4.53. The summed E-state index contributed by atoms with van der Waals surface area (Å²) in [4.78, 5) is 10.0. The van der Waals surface area contributed by atoms with Gasteiger partial charge in [0.05, 0.1) is 34.1 Å². The van der Waals surface area contributed by atoms with Crippen LogP contribution in [0.5, 0.6) is 23.0 Å². The van der Waals surface area contributed by atoms with Gasteiger partial charge in [0.25, 0.3) is 0 Å². The molecule has 0 amide bonds. The summed E-state index contributed by atoms with van der Waals surface area (Å²) in [7, 11) is 6.88. The molecule has 54 heavy (non-hydrogen) atoms. The number of rotatable bonds is 15. The van der Waals surface area contributed by atoms with Crippen LogP contribution in [-0.2, 0) is 19.5 Å². The molecule has 0 bridgehead atoms. The molecule has 0 N–H and O–H groups in total. The summed E-state index contributed by atoms with van der Waals surface area (Å²) in [5, 5.41) is 0. The zero-order valence-electron chi connectivity index (χ0n) is 32.2. The van der Waals surface area contributed by atoms with Crippen LogP contribution in [0.3, 0.4) is 0 Å². The van der Waals surface area contributed by atoms with Gasteiger partial charge < -0.3 is 23.8 Å². The van der Waals surface area contributed by atoms with Crippen LogP contribution in [0, 0.1) is 0 Å². The fourth-order valence-corrected chi connectivity index (χ4v) is 8.26. The van der Waals surface area contributed by atoms with Gasteiger partial charge >= 0.3 is 0 Å². The molecule has 4 aromatic carbocycles. The average Bonchev–Trinajstić information content (AvgIpc) is 4.06. The van der Waals surface area contributed by atoms with Crippen LogP contribution in [0.2, 0.25) is 0 Å². The molecule has 1 aliphatic carbocycles. The minimum absolute atomic E-state index is 0.414. The molecule has 1 aliphatic heterocycles. The molecular weight excluding hydrogens is 738 g/mol. The molecule has 1 saturated heterocycles. The van der Waals surface area contributed by atoms with Crippen LogP contribution in [0.15, 0.2) is 95.6 Å². The quantitative estimate of drug-likeness (QED) is 0.105. The van der Waals surface area contributed by atoms with Crippen molar-refractivity contribution in [2.45, 2.75) is 70.5 Å². The first-order valence-corrected chi connectivity index (χ1v) is 20.0. The maximum Gasteiger partial charge on any atom is 0.164 e. The van der Waals surface area contributed by atoms with E-state index >= 15 is 0 Å². The second-order valence-electron chi connectivity index (χ2n) is 14.6. The van der Waals surface area contributed by atoms with Gasteiger partial charge in [-0.3, -0.25) is 9.88 Å². The Balaban J connectivity index is 1.07. The second-order valence-corrected chi connectivity index (χ2v) is 15.5. The van der Waals surface area contributed by atoms with Crippen LogP contribution in [0.4, 0.5) is 5.69 Å². The number of nitrogens with zero attached hydrogens (tertiary/aromatic N) is 3. The van der Waals surface area contributed by atoms with E-state index in [-0.39, 0.29) is 0 Å². The van der Waals surface area contributed by atoms with E-state index in [2.05, 4.69) is 118 Å². The minimum Gasteiger partial charge on any atom is -0.493 e. The van der Waals surface area contributed by atoms with Gasteiger partial charge in [-0.05, 0) is 133 Å². The number of hydrogen-bond acceptors (Lipinski definition) is 7. The van der Waals surface area contributed by atoms with E-state index in [0.717, 1.165) is 96.2 Å². The molecule has 7 nitrogen and oxygen atoms in total. The summed E-state index contributed by atoms with van der Waals surface area (Å²) < 4.78 is 24.1. The number of pyridine rings is 1. The predicted octanol–water partition coefficient (Wildman–Crippen LogP) is 10.7. The van der Waals surface area contributed by atoms with Crippen molar-refractivity contribution in [3.63, 3.8) is 0 Å². The monoisotopic (exact) mass is 789 g/mol. The molecular formula is C46H52BrN3O4. The third-order valence-electron chi connectivity index (χ3n) is 10.9. The molecule has 5 aromatic rings. The van der Waals surface area contributed by atoms with Crippen molar-refractivity contribution in [3.05, 3.63) is 118 Å². The number of aryl methyl sites for hydroxylation is 1. The molecule has 0 atom stereocenters. The van der Waals surface area contributed by atoms with Gasteiger partial charge in [0.1, 0.15) is 0 Å². The number of methoxy groups -OCH3 is 4. The molecule has 282 valence electrons. The Labute approximate surface area is 329 Å². The van der Waals surface area contributed by atoms with E-state index in [4.69, 9.17) is 23.9 Å². The van der Waals surface area contributed by atoms with Crippen molar-refractivity contribution in [1.82, 2.24) is 9.88 Å². The summed E-state index contributed by atoms with van der Waals surface area (Å²) in [6, 6.07) is 31.2. The maximum atomic E-state index is 5.78. The van der Waals surface area contributed by atoms with E-state index in [1.165, 1.54) is 46.3 Å². The van der Waals surface area contributed by atoms with Crippen LogP contribution in [-0.4, -0.2) is 57.5 Å². The third kappa shape index (κ3) is 8.55. The molecule has 2 heterocycles. The van der Waals surface area contributed by atoms with Gasteiger partial charge in [-0.15, -0.1) is 0 Å². The first-order valence-electron chi connectivity index (χ1n) is 19.2. The second kappa shape index (κ2) is 17.3. The highest BCUT2D eigenvalue weighted by molar-refractivity contribution is 9.10. The lowest BCUT2D eigenvalue weighted by Crippen LogP contribution is -2.44. The Bertz CT molecular complexity index is 2040. The molecule has 1 saturated carbocycles. The molecule has 1 aromatic heterocycles. The molecule has 2 fully saturated rings. The standard InChI is InChI=1S/C46H52BrN3O4/c1-6-8-35-25-36(27-43(51-2)45(35)53-4)34-10-7-9-31(23-34)29-49-21-18-40(19-22-49)50(39-15-13-38(47)14-16-39)30-32-17-20-48-42(24-32)37-26-41(33-11-12-33)46(54-5)44(28-37)52-3/h7,9-10,13-17,20,23-28,33,40H,6,8,11-12,18-19,21-22,29-30H2,1-5H3. The fraction of sp³-hybridized carbons (Fsp3) is 0.370. The number of ether oxygens (including phenoxy) is 4. The lowest BCUT2D eigenvalue weighted by Gasteiger charge is -2.40. The molecule has 7 rings (SSSR count). The van der Waals surface area contributed by atoms with Gasteiger partial charge in [0.15, 0.2) is 23.0 Å². The Morgan fingerprint density at radius 2 is 1.44 bits per heavy atom. The van der Waals surface area contributed by atoms with E-state index in [0.29, 0.717) is 12.0 Å². The number of halogens is 1. The third-order valence-corrected chi connectivity index (χ3v) is 11.4. The number of piperidine rings is 1. The van der Waals surface area contributed by atoms with Gasteiger partial charge in [0.2, 0.25) is 0 Å². The molecule has 0 spiro atoms. The number of aromatic nitrogens is 1. The Morgan fingerprint density at radius 1 is 0.722 bits per heavy atom. The maximum absolute atomic E-state index is 5.78. The average molecular weight is 791 g/mol. The zero-order valence-corrected chi connectivity index (χ0v) is 33.8. The van der Waals surface area contributed by atoms with Crippen LogP contribution >= 0.6 is 15.9 Å². The lowest BCUT2D eigenvalue weighted by molar-refractivity contribution is 0.201. The van der Waals surface area contributed by atoms with Crippen molar-refractivity contribution in [3.8, 4) is 45.4 Å². The fourth-order valence-electron chi connectivity index (χ4n) is 7.99. The van der Waals surface area contributed by atoms with Crippen molar-refractivity contribution in [2.24, 2.45) is 0 Å². The highest BCUT2D eigenvalue weighted by Gasteiger charge is 2.30. The first-order chi connectivity index (χ1) is 26.4. The van der Waals surface area contributed by atoms with Gasteiger partial charge in [0, 0.05) is 59.7 Å². The number of likely N-dealkylation sites (tertiary alicyclic amines) is 1. The molecule has 8 heteroatoms. The predicted molar refractivity (Wildman–Crippen MR) is 222 cm³/mol. The summed E-state index contributed by atoms with van der Waals surface area (Å²) >= 11 is 3.65. The normalized spacial score (nSPS) is 14.9. The molecule has 0 unspecified atom stereocenters. The highest BCUT2D eigenvalue weighted by atomic mass is 79.9. The van der Waals surface area contributed by atoms with E-state index in [1.54, 1.807) is 28.4 Å². The topological polar surface area (TPSA) is 56.3 Å². The van der Waals surface area contributed by atoms with E-state index in [9.17, 15) is 0 Å². The highest BCUT2D eigenvalue weighted by Crippen LogP contribution is 2.49. The van der Waals surface area contributed by atoms with Crippen molar-refractivity contribution in [2.75, 3.05) is 46.4 Å². The van der Waals surface area contributed by atoms with E-state index in [1.807, 2.05) is 6.20 Å². The minimum atomic E-state index is 0.414. The number of benzene rings is 4.